The van der Waals surface area contributed by atoms with Gasteiger partial charge in [-0.3, -0.25) is 9.97 Å². The van der Waals surface area contributed by atoms with Crippen LogP contribution in [0.1, 0.15) is 0 Å². The Hall–Kier alpha value is -2.33. The van der Waals surface area contributed by atoms with Crippen molar-refractivity contribution in [3.05, 3.63) is 53.9 Å². The molecule has 0 saturated heterocycles. The topological polar surface area (TPSA) is 61.0 Å². The van der Waals surface area contributed by atoms with Crippen LogP contribution < -0.4 is 10.5 Å². The zero-order valence-electron chi connectivity index (χ0n) is 9.88. The third-order valence-corrected chi connectivity index (χ3v) is 2.88. The van der Waals surface area contributed by atoms with E-state index in [4.69, 9.17) is 22.1 Å². The van der Waals surface area contributed by atoms with Crippen molar-refractivity contribution in [2.24, 2.45) is 0 Å². The molecule has 5 heteroatoms. The van der Waals surface area contributed by atoms with Gasteiger partial charge in [0.05, 0.1) is 11.2 Å². The largest absolute Gasteiger partial charge is 0.453 e. The van der Waals surface area contributed by atoms with Crippen LogP contribution in [0.4, 0.5) is 5.69 Å². The maximum absolute atomic E-state index is 5.91. The lowest BCUT2D eigenvalue weighted by molar-refractivity contribution is 0.485. The summed E-state index contributed by atoms with van der Waals surface area (Å²) >= 11 is 5.88. The molecule has 3 rings (SSSR count). The summed E-state index contributed by atoms with van der Waals surface area (Å²) in [4.78, 5) is 8.28. The smallest absolute Gasteiger partial charge is 0.153 e. The highest BCUT2D eigenvalue weighted by molar-refractivity contribution is 6.30. The minimum atomic E-state index is 0.519. The van der Waals surface area contributed by atoms with Crippen molar-refractivity contribution in [3.63, 3.8) is 0 Å². The van der Waals surface area contributed by atoms with E-state index in [9.17, 15) is 0 Å². The summed E-state index contributed by atoms with van der Waals surface area (Å²) in [6, 6.07) is 9.01. The SMILES string of the molecule is Nc1ccc(Oc2cncc(Cl)c2)c2ncccc12. The van der Waals surface area contributed by atoms with Gasteiger partial charge in [0.2, 0.25) is 0 Å². The normalized spacial score (nSPS) is 10.6. The number of nitrogen functional groups attached to an aromatic ring is 1. The Kier molecular flexibility index (Phi) is 2.93. The molecule has 0 aliphatic carbocycles. The molecule has 3 aromatic rings. The van der Waals surface area contributed by atoms with E-state index in [0.29, 0.717) is 27.7 Å². The molecule has 2 N–H and O–H groups in total. The van der Waals surface area contributed by atoms with Crippen molar-refractivity contribution in [1.29, 1.82) is 0 Å². The molecule has 0 bridgehead atoms. The number of ether oxygens (including phenoxy) is 1. The molecular weight excluding hydrogens is 262 g/mol. The van der Waals surface area contributed by atoms with Gasteiger partial charge in [-0.2, -0.15) is 0 Å². The van der Waals surface area contributed by atoms with Gasteiger partial charge < -0.3 is 10.5 Å². The first-order valence-corrected chi connectivity index (χ1v) is 6.03. The number of anilines is 1. The summed E-state index contributed by atoms with van der Waals surface area (Å²) in [7, 11) is 0. The minimum Gasteiger partial charge on any atom is -0.453 e. The number of hydrogen-bond donors (Lipinski definition) is 1. The summed E-state index contributed by atoms with van der Waals surface area (Å²) < 4.78 is 5.76. The Morgan fingerprint density at radius 1 is 1.16 bits per heavy atom. The number of rotatable bonds is 2. The quantitative estimate of drug-likeness (QED) is 0.723. The molecular formula is C14H10ClN3O. The lowest BCUT2D eigenvalue weighted by Crippen LogP contribution is -1.92. The molecule has 0 atom stereocenters. The van der Waals surface area contributed by atoms with E-state index in [0.717, 1.165) is 5.39 Å². The van der Waals surface area contributed by atoms with Crippen LogP contribution in [0.5, 0.6) is 11.5 Å². The lowest BCUT2D eigenvalue weighted by atomic mass is 10.1. The van der Waals surface area contributed by atoms with Crippen molar-refractivity contribution in [1.82, 2.24) is 9.97 Å². The first-order valence-electron chi connectivity index (χ1n) is 5.65. The molecule has 0 saturated carbocycles. The third-order valence-electron chi connectivity index (χ3n) is 2.67. The fraction of sp³-hybridized carbons (Fsp3) is 0. The molecule has 0 fully saturated rings. The summed E-state index contributed by atoms with van der Waals surface area (Å²) in [5.74, 6) is 1.18. The van der Waals surface area contributed by atoms with Crippen LogP contribution in [0.2, 0.25) is 5.02 Å². The third kappa shape index (κ3) is 2.30. The Morgan fingerprint density at radius 2 is 2.05 bits per heavy atom. The van der Waals surface area contributed by atoms with Crippen molar-refractivity contribution in [2.75, 3.05) is 5.73 Å². The summed E-state index contributed by atoms with van der Waals surface area (Å²) in [6.45, 7) is 0. The Balaban J connectivity index is 2.09. The van der Waals surface area contributed by atoms with Gasteiger partial charge in [0, 0.05) is 29.5 Å². The van der Waals surface area contributed by atoms with E-state index in [1.807, 2.05) is 12.1 Å². The summed E-state index contributed by atoms with van der Waals surface area (Å²) in [5, 5.41) is 1.38. The highest BCUT2D eigenvalue weighted by Crippen LogP contribution is 2.31. The first-order chi connectivity index (χ1) is 9.24. The van der Waals surface area contributed by atoms with Gasteiger partial charge in [-0.05, 0) is 24.3 Å². The van der Waals surface area contributed by atoms with Gasteiger partial charge in [-0.25, -0.2) is 0 Å². The molecule has 0 unspecified atom stereocenters. The highest BCUT2D eigenvalue weighted by Gasteiger charge is 2.07. The number of halogens is 1. The molecule has 2 aromatic heterocycles. The Bertz CT molecular complexity index is 746. The maximum Gasteiger partial charge on any atom is 0.153 e. The van der Waals surface area contributed by atoms with Crippen LogP contribution in [0.15, 0.2) is 48.9 Å². The van der Waals surface area contributed by atoms with Gasteiger partial charge in [-0.15, -0.1) is 0 Å². The average Bonchev–Trinajstić information content (AvgIpc) is 2.42. The molecule has 0 aliphatic heterocycles. The predicted octanol–water partition coefficient (Wildman–Crippen LogP) is 3.66. The number of benzene rings is 1. The van der Waals surface area contributed by atoms with Crippen LogP contribution in [0.3, 0.4) is 0 Å². The van der Waals surface area contributed by atoms with Crippen LogP contribution in [-0.4, -0.2) is 9.97 Å². The van der Waals surface area contributed by atoms with E-state index < -0.39 is 0 Å². The second-order valence-corrected chi connectivity index (χ2v) is 4.43. The monoisotopic (exact) mass is 271 g/mol. The number of nitrogens with zero attached hydrogens (tertiary/aromatic N) is 2. The number of fused-ring (bicyclic) bond motifs is 1. The molecule has 0 amide bonds. The number of aromatic nitrogens is 2. The zero-order chi connectivity index (χ0) is 13.2. The zero-order valence-corrected chi connectivity index (χ0v) is 10.6. The van der Waals surface area contributed by atoms with Crippen LogP contribution in [0.25, 0.3) is 10.9 Å². The fourth-order valence-corrected chi connectivity index (χ4v) is 1.99. The van der Waals surface area contributed by atoms with E-state index in [-0.39, 0.29) is 0 Å². The summed E-state index contributed by atoms with van der Waals surface area (Å²) in [6.07, 6.45) is 4.84. The van der Waals surface area contributed by atoms with Crippen LogP contribution >= 0.6 is 11.6 Å². The summed E-state index contributed by atoms with van der Waals surface area (Å²) in [5.41, 5.74) is 7.29. The Labute approximate surface area is 114 Å². The highest BCUT2D eigenvalue weighted by atomic mass is 35.5. The fourth-order valence-electron chi connectivity index (χ4n) is 1.83. The first kappa shape index (κ1) is 11.7. The van der Waals surface area contributed by atoms with Crippen molar-refractivity contribution in [3.8, 4) is 11.5 Å². The standard InChI is InChI=1S/C14H10ClN3O/c15-9-6-10(8-17-7-9)19-13-4-3-12(16)11-2-1-5-18-14(11)13/h1-8H,16H2. The average molecular weight is 272 g/mol. The molecule has 0 spiro atoms. The van der Waals surface area contributed by atoms with Gasteiger partial charge in [0.1, 0.15) is 11.3 Å². The molecule has 19 heavy (non-hydrogen) atoms. The second kappa shape index (κ2) is 4.74. The Morgan fingerprint density at radius 3 is 2.89 bits per heavy atom. The maximum atomic E-state index is 5.91. The predicted molar refractivity (Wildman–Crippen MR) is 75.5 cm³/mol. The van der Waals surface area contributed by atoms with E-state index in [1.165, 1.54) is 0 Å². The molecule has 0 radical (unpaired) electrons. The van der Waals surface area contributed by atoms with Crippen LogP contribution in [-0.2, 0) is 0 Å². The van der Waals surface area contributed by atoms with Gasteiger partial charge in [-0.1, -0.05) is 11.6 Å². The van der Waals surface area contributed by atoms with Crippen molar-refractivity contribution >= 4 is 28.2 Å². The van der Waals surface area contributed by atoms with Gasteiger partial charge in [0.15, 0.2) is 5.75 Å². The van der Waals surface area contributed by atoms with Gasteiger partial charge in [0.25, 0.3) is 0 Å². The van der Waals surface area contributed by atoms with Crippen molar-refractivity contribution in [2.45, 2.75) is 0 Å². The molecule has 0 aliphatic rings. The number of hydrogen-bond acceptors (Lipinski definition) is 4. The lowest BCUT2D eigenvalue weighted by Gasteiger charge is -2.09. The minimum absolute atomic E-state index is 0.519. The van der Waals surface area contributed by atoms with Gasteiger partial charge >= 0.3 is 0 Å². The van der Waals surface area contributed by atoms with Crippen molar-refractivity contribution < 1.29 is 4.74 Å². The second-order valence-electron chi connectivity index (χ2n) is 3.99. The van der Waals surface area contributed by atoms with E-state index >= 15 is 0 Å². The number of nitrogens with two attached hydrogens (primary N) is 1. The van der Waals surface area contributed by atoms with E-state index in [2.05, 4.69) is 9.97 Å². The molecule has 4 nitrogen and oxygen atoms in total. The molecule has 1 aromatic carbocycles. The van der Waals surface area contributed by atoms with E-state index in [1.54, 1.807) is 36.8 Å². The van der Waals surface area contributed by atoms with Crippen LogP contribution in [0, 0.1) is 0 Å². The number of pyridine rings is 2. The molecule has 2 heterocycles. The molecule has 94 valence electrons.